The maximum absolute atomic E-state index is 13.3. The zero-order chi connectivity index (χ0) is 24.5. The van der Waals surface area contributed by atoms with E-state index < -0.39 is 0 Å². The zero-order valence-corrected chi connectivity index (χ0v) is 20.4. The predicted molar refractivity (Wildman–Crippen MR) is 138 cm³/mol. The van der Waals surface area contributed by atoms with E-state index >= 15 is 0 Å². The van der Waals surface area contributed by atoms with E-state index in [9.17, 15) is 4.79 Å². The van der Waals surface area contributed by atoms with Crippen molar-refractivity contribution in [3.8, 4) is 16.9 Å². The van der Waals surface area contributed by atoms with Crippen LogP contribution in [0.25, 0.3) is 11.1 Å². The largest absolute Gasteiger partial charge is 0.494 e. The van der Waals surface area contributed by atoms with Gasteiger partial charge in [0, 0.05) is 25.4 Å². The number of nitrogens with zero attached hydrogens (tertiary/aromatic N) is 1. The van der Waals surface area contributed by atoms with Crippen LogP contribution in [0.2, 0.25) is 0 Å². The molecule has 3 N–H and O–H groups in total. The van der Waals surface area contributed by atoms with Crippen LogP contribution in [-0.2, 0) is 4.74 Å². The summed E-state index contributed by atoms with van der Waals surface area (Å²) in [4.78, 5) is 15.0. The van der Waals surface area contributed by atoms with Crippen LogP contribution in [0.4, 0.5) is 10.5 Å². The van der Waals surface area contributed by atoms with Crippen LogP contribution in [0, 0.1) is 0 Å². The van der Waals surface area contributed by atoms with Gasteiger partial charge in [-0.15, -0.1) is 0 Å². The molecule has 0 spiro atoms. The predicted octanol–water partition coefficient (Wildman–Crippen LogP) is 5.39. The Morgan fingerprint density at radius 1 is 0.941 bits per heavy atom. The fourth-order valence-electron chi connectivity index (χ4n) is 3.67. The second-order valence-corrected chi connectivity index (χ2v) is 8.30. The number of carbonyl (C=O) groups excluding carboxylic acids is 1. The van der Waals surface area contributed by atoms with Crippen LogP contribution in [0.5, 0.6) is 5.75 Å². The molecule has 2 amide bonds. The van der Waals surface area contributed by atoms with Gasteiger partial charge in [0.1, 0.15) is 5.75 Å². The van der Waals surface area contributed by atoms with Crippen molar-refractivity contribution in [1.29, 1.82) is 0 Å². The van der Waals surface area contributed by atoms with E-state index in [0.717, 1.165) is 28.1 Å². The maximum Gasteiger partial charge on any atom is 0.322 e. The highest BCUT2D eigenvalue weighted by Crippen LogP contribution is 2.26. The molecular formula is C28H35N3O3. The molecule has 0 bridgehead atoms. The molecule has 0 heterocycles. The highest BCUT2D eigenvalue weighted by Gasteiger charge is 2.23. The summed E-state index contributed by atoms with van der Waals surface area (Å²) in [5, 5.41) is 3.10. The molecular weight excluding hydrogens is 426 g/mol. The first-order valence-electron chi connectivity index (χ1n) is 11.7. The fraction of sp³-hybridized carbons (Fsp3) is 0.321. The molecule has 0 saturated carbocycles. The Hall–Kier alpha value is -3.35. The van der Waals surface area contributed by atoms with Crippen LogP contribution in [0.1, 0.15) is 32.4 Å². The first kappa shape index (κ1) is 25.3. The van der Waals surface area contributed by atoms with E-state index in [1.807, 2.05) is 99.6 Å². The molecule has 6 nitrogen and oxygen atoms in total. The van der Waals surface area contributed by atoms with E-state index in [-0.39, 0.29) is 24.2 Å². The topological polar surface area (TPSA) is 76.8 Å². The van der Waals surface area contributed by atoms with Gasteiger partial charge in [0.15, 0.2) is 0 Å². The number of nitrogens with one attached hydrogen (secondary N) is 1. The van der Waals surface area contributed by atoms with Gasteiger partial charge in [0.25, 0.3) is 0 Å². The fourth-order valence-corrected chi connectivity index (χ4v) is 3.67. The van der Waals surface area contributed by atoms with E-state index in [1.165, 1.54) is 0 Å². The minimum atomic E-state index is -0.339. The Balaban J connectivity index is 1.81. The first-order chi connectivity index (χ1) is 16.4. The summed E-state index contributed by atoms with van der Waals surface area (Å²) < 4.78 is 10.9. The van der Waals surface area contributed by atoms with Gasteiger partial charge in [0.05, 0.1) is 18.8 Å². The number of methoxy groups -OCH3 is 1. The highest BCUT2D eigenvalue weighted by molar-refractivity contribution is 5.92. The van der Waals surface area contributed by atoms with E-state index in [1.54, 1.807) is 12.0 Å². The van der Waals surface area contributed by atoms with Crippen LogP contribution in [-0.4, -0.2) is 38.4 Å². The summed E-state index contributed by atoms with van der Waals surface area (Å²) in [5.74, 6) is 0.847. The van der Waals surface area contributed by atoms with Gasteiger partial charge in [-0.25, -0.2) is 4.79 Å². The van der Waals surface area contributed by atoms with Crippen molar-refractivity contribution in [1.82, 2.24) is 5.32 Å². The molecule has 34 heavy (non-hydrogen) atoms. The van der Waals surface area contributed by atoms with Crippen molar-refractivity contribution >= 4 is 11.7 Å². The van der Waals surface area contributed by atoms with Gasteiger partial charge in [0.2, 0.25) is 0 Å². The molecule has 0 radical (unpaired) electrons. The normalized spacial score (nSPS) is 13.6. The second kappa shape index (κ2) is 12.2. The van der Waals surface area contributed by atoms with E-state index in [4.69, 9.17) is 15.2 Å². The molecule has 6 heteroatoms. The molecule has 3 aromatic carbocycles. The number of benzene rings is 3. The lowest BCUT2D eigenvalue weighted by molar-refractivity contribution is 0.0975. The molecule has 0 aliphatic rings. The minimum Gasteiger partial charge on any atom is -0.494 e. The number of hydrogen-bond donors (Lipinski definition) is 2. The lowest BCUT2D eigenvalue weighted by atomic mass is 10.0. The number of anilines is 1. The molecule has 0 aliphatic heterocycles. The Labute approximate surface area is 202 Å². The summed E-state index contributed by atoms with van der Waals surface area (Å²) in [5.41, 5.74) is 10.3. The van der Waals surface area contributed by atoms with Crippen LogP contribution in [0.3, 0.4) is 0 Å². The average Bonchev–Trinajstić information content (AvgIpc) is 2.87. The minimum absolute atomic E-state index is 0.143. The van der Waals surface area contributed by atoms with Crippen molar-refractivity contribution < 1.29 is 14.3 Å². The second-order valence-electron chi connectivity index (χ2n) is 8.30. The van der Waals surface area contributed by atoms with Crippen LogP contribution in [0.15, 0.2) is 78.9 Å². The van der Waals surface area contributed by atoms with E-state index in [0.29, 0.717) is 13.2 Å². The quantitative estimate of drug-likeness (QED) is 0.424. The summed E-state index contributed by atoms with van der Waals surface area (Å²) in [6.45, 7) is 6.80. The van der Waals surface area contributed by atoms with E-state index in [2.05, 4.69) is 5.32 Å². The lowest BCUT2D eigenvalue weighted by Gasteiger charge is -2.30. The smallest absolute Gasteiger partial charge is 0.322 e. The van der Waals surface area contributed by atoms with Crippen LogP contribution >= 0.6 is 0 Å². The third kappa shape index (κ3) is 6.59. The SMILES string of the molecule is CCOc1ccc(-c2ccc(N(CC(N)C(C)OC)C(=O)NC(C)c3ccccc3)cc2)cc1. The summed E-state index contributed by atoms with van der Waals surface area (Å²) in [6.07, 6.45) is -0.190. The summed E-state index contributed by atoms with van der Waals surface area (Å²) in [6, 6.07) is 25.1. The standard InChI is InChI=1S/C28H35N3O3/c1-5-34-26-17-13-24(14-18-26)23-11-15-25(16-12-23)31(19-27(29)21(3)33-4)28(32)30-20(2)22-9-7-6-8-10-22/h6-18,20-21,27H,5,19,29H2,1-4H3,(H,30,32). The first-order valence-corrected chi connectivity index (χ1v) is 11.7. The molecule has 3 rings (SSSR count). The lowest BCUT2D eigenvalue weighted by Crippen LogP contribution is -2.50. The van der Waals surface area contributed by atoms with Gasteiger partial charge in [-0.05, 0) is 61.7 Å². The van der Waals surface area contributed by atoms with Gasteiger partial charge in [-0.3, -0.25) is 4.90 Å². The summed E-state index contributed by atoms with van der Waals surface area (Å²) >= 11 is 0. The third-order valence-electron chi connectivity index (χ3n) is 5.93. The van der Waals surface area contributed by atoms with Crippen molar-refractivity contribution in [2.24, 2.45) is 5.73 Å². The van der Waals surface area contributed by atoms with Crippen LogP contribution < -0.4 is 20.7 Å². The number of nitrogens with two attached hydrogens (primary N) is 1. The highest BCUT2D eigenvalue weighted by atomic mass is 16.5. The Morgan fingerprint density at radius 2 is 1.53 bits per heavy atom. The average molecular weight is 462 g/mol. The molecule has 0 fully saturated rings. The van der Waals surface area contributed by atoms with Crippen molar-refractivity contribution in [2.75, 3.05) is 25.2 Å². The Kier molecular flexibility index (Phi) is 9.08. The number of ether oxygens (including phenoxy) is 2. The van der Waals surface area contributed by atoms with Crippen molar-refractivity contribution in [3.05, 3.63) is 84.4 Å². The van der Waals surface area contributed by atoms with Crippen molar-refractivity contribution in [3.63, 3.8) is 0 Å². The number of urea groups is 1. The third-order valence-corrected chi connectivity index (χ3v) is 5.93. The molecule has 3 unspecified atom stereocenters. The van der Waals surface area contributed by atoms with Gasteiger partial charge in [-0.2, -0.15) is 0 Å². The molecule has 0 aromatic heterocycles. The van der Waals surface area contributed by atoms with Gasteiger partial charge >= 0.3 is 6.03 Å². The molecule has 180 valence electrons. The Morgan fingerprint density at radius 3 is 2.09 bits per heavy atom. The van der Waals surface area contributed by atoms with Gasteiger partial charge < -0.3 is 20.5 Å². The molecule has 0 aliphatic carbocycles. The number of rotatable bonds is 10. The summed E-state index contributed by atoms with van der Waals surface area (Å²) in [7, 11) is 1.62. The number of carbonyl (C=O) groups is 1. The monoisotopic (exact) mass is 461 g/mol. The maximum atomic E-state index is 13.3. The molecule has 3 aromatic rings. The zero-order valence-electron chi connectivity index (χ0n) is 20.4. The Bertz CT molecular complexity index is 1020. The molecule has 0 saturated heterocycles. The van der Waals surface area contributed by atoms with Gasteiger partial charge in [-0.1, -0.05) is 54.6 Å². The number of amides is 2. The molecule has 3 atom stereocenters. The van der Waals surface area contributed by atoms with Crippen molar-refractivity contribution in [2.45, 2.75) is 39.0 Å². The number of hydrogen-bond acceptors (Lipinski definition) is 4.